The number of aliphatic hydroxyl groups is 1. The van der Waals surface area contributed by atoms with Crippen LogP contribution in [0.5, 0.6) is 5.75 Å². The van der Waals surface area contributed by atoms with Gasteiger partial charge in [0.05, 0.1) is 12.2 Å². The molecule has 0 saturated heterocycles. The fraction of sp³-hybridized carbons (Fsp3) is 0.500. The molecule has 15 heavy (non-hydrogen) atoms. The van der Waals surface area contributed by atoms with Gasteiger partial charge in [-0.3, -0.25) is 0 Å². The van der Waals surface area contributed by atoms with Crippen LogP contribution in [-0.2, 0) is 0 Å². The molecular weight excluding hydrogens is 256 g/mol. The van der Waals surface area contributed by atoms with Gasteiger partial charge in [0.2, 0.25) is 0 Å². The molecule has 0 amide bonds. The maximum absolute atomic E-state index is 9.59. The highest BCUT2D eigenvalue weighted by molar-refractivity contribution is 9.10. The van der Waals surface area contributed by atoms with Gasteiger partial charge in [-0.1, -0.05) is 28.9 Å². The van der Waals surface area contributed by atoms with Crippen molar-refractivity contribution in [1.82, 2.24) is 0 Å². The third kappa shape index (κ3) is 3.50. The Bertz CT molecular complexity index is 323. The second kappa shape index (κ2) is 5.52. The number of hydrogen-bond donors (Lipinski definition) is 1. The van der Waals surface area contributed by atoms with Crippen molar-refractivity contribution in [3.63, 3.8) is 0 Å². The molecule has 2 atom stereocenters. The number of hydrogen-bond acceptors (Lipinski definition) is 2. The second-order valence-corrected chi connectivity index (χ2v) is 4.61. The number of rotatable bonds is 4. The van der Waals surface area contributed by atoms with E-state index in [9.17, 15) is 5.11 Å². The van der Waals surface area contributed by atoms with E-state index in [1.807, 2.05) is 25.1 Å². The molecule has 2 nitrogen and oxygen atoms in total. The van der Waals surface area contributed by atoms with E-state index in [-0.39, 0.29) is 6.10 Å². The highest BCUT2D eigenvalue weighted by atomic mass is 79.9. The molecule has 0 aromatic heterocycles. The van der Waals surface area contributed by atoms with Gasteiger partial charge in [0.1, 0.15) is 5.75 Å². The minimum Gasteiger partial charge on any atom is -0.490 e. The van der Waals surface area contributed by atoms with Gasteiger partial charge in [-0.25, -0.2) is 0 Å². The summed E-state index contributed by atoms with van der Waals surface area (Å²) >= 11 is 3.40. The van der Waals surface area contributed by atoms with E-state index >= 15 is 0 Å². The van der Waals surface area contributed by atoms with Gasteiger partial charge in [0.15, 0.2) is 0 Å². The maximum atomic E-state index is 9.59. The molecule has 1 aromatic carbocycles. The van der Waals surface area contributed by atoms with Gasteiger partial charge in [0.25, 0.3) is 0 Å². The Kier molecular flexibility index (Phi) is 4.61. The summed E-state index contributed by atoms with van der Waals surface area (Å²) in [7, 11) is 0. The van der Waals surface area contributed by atoms with Gasteiger partial charge in [-0.2, -0.15) is 0 Å². The molecule has 0 aliphatic heterocycles. The largest absolute Gasteiger partial charge is 0.490 e. The smallest absolute Gasteiger partial charge is 0.126 e. The number of benzene rings is 1. The van der Waals surface area contributed by atoms with Crippen LogP contribution < -0.4 is 4.74 Å². The highest BCUT2D eigenvalue weighted by Crippen LogP contribution is 2.29. The van der Waals surface area contributed by atoms with Crippen LogP contribution >= 0.6 is 15.9 Å². The van der Waals surface area contributed by atoms with Crippen LogP contribution in [-0.4, -0.2) is 11.2 Å². The van der Waals surface area contributed by atoms with E-state index in [2.05, 4.69) is 22.9 Å². The average molecular weight is 273 g/mol. The second-order valence-electron chi connectivity index (χ2n) is 3.69. The van der Waals surface area contributed by atoms with Crippen LogP contribution in [0.3, 0.4) is 0 Å². The first kappa shape index (κ1) is 12.5. The van der Waals surface area contributed by atoms with Gasteiger partial charge in [0, 0.05) is 10.0 Å². The predicted octanol–water partition coefficient (Wildman–Crippen LogP) is 3.68. The minimum absolute atomic E-state index is 0.164. The molecule has 0 aliphatic rings. The molecule has 1 rings (SSSR count). The lowest BCUT2D eigenvalue weighted by Gasteiger charge is -2.17. The Morgan fingerprint density at radius 1 is 1.40 bits per heavy atom. The summed E-state index contributed by atoms with van der Waals surface area (Å²) in [6.07, 6.45) is 0.611. The fourth-order valence-corrected chi connectivity index (χ4v) is 1.60. The lowest BCUT2D eigenvalue weighted by Crippen LogP contribution is -2.11. The van der Waals surface area contributed by atoms with Crippen LogP contribution in [0.4, 0.5) is 0 Å². The summed E-state index contributed by atoms with van der Waals surface area (Å²) in [5, 5.41) is 9.59. The van der Waals surface area contributed by atoms with Crippen LogP contribution in [0.15, 0.2) is 22.7 Å². The van der Waals surface area contributed by atoms with Crippen molar-refractivity contribution in [2.45, 2.75) is 39.4 Å². The number of halogens is 1. The molecule has 0 heterocycles. The summed E-state index contributed by atoms with van der Waals surface area (Å²) in [6.45, 7) is 5.84. The summed E-state index contributed by atoms with van der Waals surface area (Å²) in [4.78, 5) is 0. The standard InChI is InChI=1S/C12H17BrO2/c1-4-8(2)15-12-7-10(13)5-6-11(12)9(3)14/h5-9,14H,4H2,1-3H3/t8?,9-/m0/s1. The van der Waals surface area contributed by atoms with Crippen molar-refractivity contribution in [1.29, 1.82) is 0 Å². The van der Waals surface area contributed by atoms with Crippen molar-refractivity contribution in [3.05, 3.63) is 28.2 Å². The Hall–Kier alpha value is -0.540. The zero-order chi connectivity index (χ0) is 11.4. The van der Waals surface area contributed by atoms with Crippen LogP contribution in [0, 0.1) is 0 Å². The molecule has 0 aliphatic carbocycles. The first-order valence-electron chi connectivity index (χ1n) is 5.18. The normalized spacial score (nSPS) is 14.7. The Morgan fingerprint density at radius 2 is 2.07 bits per heavy atom. The molecular formula is C12H17BrO2. The summed E-state index contributed by atoms with van der Waals surface area (Å²) in [6, 6.07) is 5.69. The first-order chi connectivity index (χ1) is 7.04. The van der Waals surface area contributed by atoms with E-state index in [1.54, 1.807) is 6.92 Å². The zero-order valence-electron chi connectivity index (χ0n) is 9.33. The number of aliphatic hydroxyl groups excluding tert-OH is 1. The fourth-order valence-electron chi connectivity index (χ4n) is 1.26. The summed E-state index contributed by atoms with van der Waals surface area (Å²) in [5.74, 6) is 0.758. The molecule has 0 radical (unpaired) electrons. The molecule has 0 spiro atoms. The number of ether oxygens (including phenoxy) is 1. The minimum atomic E-state index is -0.503. The maximum Gasteiger partial charge on any atom is 0.126 e. The van der Waals surface area contributed by atoms with Gasteiger partial charge >= 0.3 is 0 Å². The van der Waals surface area contributed by atoms with E-state index in [4.69, 9.17) is 4.74 Å². The third-order valence-electron chi connectivity index (χ3n) is 2.33. The lowest BCUT2D eigenvalue weighted by molar-refractivity contribution is 0.176. The van der Waals surface area contributed by atoms with Crippen molar-refractivity contribution < 1.29 is 9.84 Å². The Balaban J connectivity index is 2.96. The quantitative estimate of drug-likeness (QED) is 0.906. The van der Waals surface area contributed by atoms with Crippen molar-refractivity contribution in [2.75, 3.05) is 0 Å². The van der Waals surface area contributed by atoms with Crippen molar-refractivity contribution in [3.8, 4) is 5.75 Å². The molecule has 0 fully saturated rings. The van der Waals surface area contributed by atoms with Crippen LogP contribution in [0.1, 0.15) is 38.9 Å². The topological polar surface area (TPSA) is 29.5 Å². The first-order valence-corrected chi connectivity index (χ1v) is 5.98. The Labute approximate surface area is 99.4 Å². The SMILES string of the molecule is CCC(C)Oc1cc(Br)ccc1[C@H](C)O. The molecule has 0 saturated carbocycles. The van der Waals surface area contributed by atoms with E-state index in [1.165, 1.54) is 0 Å². The van der Waals surface area contributed by atoms with Crippen LogP contribution in [0.25, 0.3) is 0 Å². The van der Waals surface area contributed by atoms with E-state index in [0.717, 1.165) is 22.2 Å². The summed E-state index contributed by atoms with van der Waals surface area (Å²) < 4.78 is 6.71. The zero-order valence-corrected chi connectivity index (χ0v) is 10.9. The molecule has 1 N–H and O–H groups in total. The molecule has 3 heteroatoms. The molecule has 0 bridgehead atoms. The van der Waals surface area contributed by atoms with E-state index in [0.29, 0.717) is 0 Å². The van der Waals surface area contributed by atoms with Crippen molar-refractivity contribution >= 4 is 15.9 Å². The van der Waals surface area contributed by atoms with Gasteiger partial charge < -0.3 is 9.84 Å². The molecule has 84 valence electrons. The predicted molar refractivity (Wildman–Crippen MR) is 65.2 cm³/mol. The van der Waals surface area contributed by atoms with Gasteiger partial charge in [-0.15, -0.1) is 0 Å². The average Bonchev–Trinajstić information content (AvgIpc) is 2.17. The lowest BCUT2D eigenvalue weighted by atomic mass is 10.1. The monoisotopic (exact) mass is 272 g/mol. The molecule has 1 unspecified atom stereocenters. The van der Waals surface area contributed by atoms with Crippen LogP contribution in [0.2, 0.25) is 0 Å². The summed E-state index contributed by atoms with van der Waals surface area (Å²) in [5.41, 5.74) is 0.832. The Morgan fingerprint density at radius 3 is 2.60 bits per heavy atom. The highest BCUT2D eigenvalue weighted by Gasteiger charge is 2.11. The van der Waals surface area contributed by atoms with Crippen molar-refractivity contribution in [2.24, 2.45) is 0 Å². The van der Waals surface area contributed by atoms with E-state index < -0.39 is 6.10 Å². The molecule has 1 aromatic rings. The third-order valence-corrected chi connectivity index (χ3v) is 2.82. The van der Waals surface area contributed by atoms with Gasteiger partial charge in [-0.05, 0) is 32.4 Å².